The molecule has 1 heterocycles. The molecule has 0 fully saturated rings. The Labute approximate surface area is 145 Å². The van der Waals surface area contributed by atoms with Crippen LogP contribution in [0.25, 0.3) is 11.1 Å². The molecule has 3 aromatic rings. The highest BCUT2D eigenvalue weighted by atomic mass is 16.5. The van der Waals surface area contributed by atoms with Crippen molar-refractivity contribution in [2.45, 2.75) is 0 Å². The molecule has 1 amide bonds. The third kappa shape index (κ3) is 4.51. The molecule has 0 aliphatic carbocycles. The highest BCUT2D eigenvalue weighted by Gasteiger charge is 2.11. The van der Waals surface area contributed by atoms with Crippen molar-refractivity contribution in [1.82, 2.24) is 4.98 Å². The highest BCUT2D eigenvalue weighted by Crippen LogP contribution is 2.20. The Hall–Kier alpha value is -3.47. The van der Waals surface area contributed by atoms with E-state index in [0.29, 0.717) is 5.69 Å². The number of hydrogen-bond acceptors (Lipinski definition) is 4. The number of rotatable bonds is 5. The van der Waals surface area contributed by atoms with Gasteiger partial charge in [-0.25, -0.2) is 9.78 Å². The summed E-state index contributed by atoms with van der Waals surface area (Å²) in [5, 5.41) is 2.69. The SMILES string of the molecule is O=C(COC(=O)c1ccccn1)Nc1ccc(-c2ccccc2)cc1. The molecule has 1 N–H and O–H groups in total. The van der Waals surface area contributed by atoms with Gasteiger partial charge < -0.3 is 10.1 Å². The molecule has 3 rings (SSSR count). The van der Waals surface area contributed by atoms with Gasteiger partial charge in [0.1, 0.15) is 5.69 Å². The standard InChI is InChI=1S/C20H16N2O3/c23-19(14-25-20(24)18-8-4-5-13-21-18)22-17-11-9-16(10-12-17)15-6-2-1-3-7-15/h1-13H,14H2,(H,22,23). The van der Waals surface area contributed by atoms with E-state index >= 15 is 0 Å². The van der Waals surface area contributed by atoms with Crippen LogP contribution in [0.5, 0.6) is 0 Å². The van der Waals surface area contributed by atoms with Crippen molar-refractivity contribution in [3.8, 4) is 11.1 Å². The van der Waals surface area contributed by atoms with Crippen molar-refractivity contribution < 1.29 is 14.3 Å². The molecule has 0 spiro atoms. The zero-order chi connectivity index (χ0) is 17.5. The van der Waals surface area contributed by atoms with Crippen LogP contribution in [0.4, 0.5) is 5.69 Å². The molecule has 5 nitrogen and oxygen atoms in total. The van der Waals surface area contributed by atoms with E-state index < -0.39 is 11.9 Å². The first-order valence-corrected chi connectivity index (χ1v) is 7.76. The summed E-state index contributed by atoms with van der Waals surface area (Å²) in [6.45, 7) is -0.365. The van der Waals surface area contributed by atoms with Crippen molar-refractivity contribution in [2.24, 2.45) is 0 Å². The fourth-order valence-corrected chi connectivity index (χ4v) is 2.26. The van der Waals surface area contributed by atoms with Crippen molar-refractivity contribution in [2.75, 3.05) is 11.9 Å². The van der Waals surface area contributed by atoms with E-state index in [2.05, 4.69) is 10.3 Å². The van der Waals surface area contributed by atoms with Crippen molar-refractivity contribution in [3.63, 3.8) is 0 Å². The Morgan fingerprint density at radius 2 is 1.52 bits per heavy atom. The van der Waals surface area contributed by atoms with Gasteiger partial charge in [-0.3, -0.25) is 4.79 Å². The molecule has 0 aliphatic heterocycles. The zero-order valence-electron chi connectivity index (χ0n) is 13.4. The van der Waals surface area contributed by atoms with E-state index in [0.717, 1.165) is 11.1 Å². The van der Waals surface area contributed by atoms with E-state index in [1.165, 1.54) is 12.3 Å². The maximum atomic E-state index is 11.9. The Bertz CT molecular complexity index is 847. The molecule has 0 unspecified atom stereocenters. The number of carbonyl (C=O) groups excluding carboxylic acids is 2. The lowest BCUT2D eigenvalue weighted by Gasteiger charge is -2.07. The van der Waals surface area contributed by atoms with Gasteiger partial charge in [-0.05, 0) is 35.4 Å². The maximum Gasteiger partial charge on any atom is 0.357 e. The summed E-state index contributed by atoms with van der Waals surface area (Å²) < 4.78 is 4.94. The topological polar surface area (TPSA) is 68.3 Å². The summed E-state index contributed by atoms with van der Waals surface area (Å²) >= 11 is 0. The Balaban J connectivity index is 1.54. The maximum absolute atomic E-state index is 11.9. The summed E-state index contributed by atoms with van der Waals surface area (Å²) in [5.41, 5.74) is 2.96. The van der Waals surface area contributed by atoms with Crippen LogP contribution in [0.2, 0.25) is 0 Å². The summed E-state index contributed by atoms with van der Waals surface area (Å²) in [6.07, 6.45) is 1.49. The number of hydrogen-bond donors (Lipinski definition) is 1. The third-order valence-corrected chi connectivity index (χ3v) is 3.48. The number of anilines is 1. The van der Waals surface area contributed by atoms with Crippen molar-refractivity contribution >= 4 is 17.6 Å². The number of benzene rings is 2. The van der Waals surface area contributed by atoms with Gasteiger partial charge in [0.15, 0.2) is 6.61 Å². The average molecular weight is 332 g/mol. The van der Waals surface area contributed by atoms with Crippen LogP contribution in [0.3, 0.4) is 0 Å². The molecule has 0 bridgehead atoms. The number of nitrogens with one attached hydrogen (secondary N) is 1. The first-order chi connectivity index (χ1) is 12.2. The van der Waals surface area contributed by atoms with E-state index in [4.69, 9.17) is 4.74 Å². The fraction of sp³-hybridized carbons (Fsp3) is 0.0500. The van der Waals surface area contributed by atoms with E-state index in [1.54, 1.807) is 24.3 Å². The molecule has 25 heavy (non-hydrogen) atoms. The second-order valence-corrected chi connectivity index (χ2v) is 5.28. The highest BCUT2D eigenvalue weighted by molar-refractivity contribution is 5.95. The van der Waals surface area contributed by atoms with Gasteiger partial charge in [-0.15, -0.1) is 0 Å². The predicted molar refractivity (Wildman–Crippen MR) is 95.0 cm³/mol. The molecule has 0 saturated heterocycles. The van der Waals surface area contributed by atoms with Gasteiger partial charge in [0.2, 0.25) is 0 Å². The quantitative estimate of drug-likeness (QED) is 0.726. The lowest BCUT2D eigenvalue weighted by molar-refractivity contribution is -0.119. The lowest BCUT2D eigenvalue weighted by Crippen LogP contribution is -2.21. The van der Waals surface area contributed by atoms with Gasteiger partial charge in [-0.2, -0.15) is 0 Å². The smallest absolute Gasteiger partial charge is 0.357 e. The van der Waals surface area contributed by atoms with Crippen LogP contribution < -0.4 is 5.32 Å². The van der Waals surface area contributed by atoms with Crippen LogP contribution in [-0.4, -0.2) is 23.5 Å². The van der Waals surface area contributed by atoms with Gasteiger partial charge in [0.25, 0.3) is 5.91 Å². The number of amides is 1. The summed E-state index contributed by atoms with van der Waals surface area (Å²) in [5.74, 6) is -1.04. The van der Waals surface area contributed by atoms with Crippen LogP contribution in [0.1, 0.15) is 10.5 Å². The minimum Gasteiger partial charge on any atom is -0.451 e. The number of ether oxygens (including phenoxy) is 1. The first-order valence-electron chi connectivity index (χ1n) is 7.76. The third-order valence-electron chi connectivity index (χ3n) is 3.48. The molecular formula is C20H16N2O3. The van der Waals surface area contributed by atoms with Crippen LogP contribution in [-0.2, 0) is 9.53 Å². The number of pyridine rings is 1. The van der Waals surface area contributed by atoms with Crippen LogP contribution >= 0.6 is 0 Å². The van der Waals surface area contributed by atoms with E-state index in [-0.39, 0.29) is 12.3 Å². The van der Waals surface area contributed by atoms with Crippen LogP contribution in [0, 0.1) is 0 Å². The molecule has 124 valence electrons. The molecule has 1 aromatic heterocycles. The van der Waals surface area contributed by atoms with Crippen molar-refractivity contribution in [3.05, 3.63) is 84.7 Å². The molecule has 0 saturated carbocycles. The van der Waals surface area contributed by atoms with E-state index in [1.807, 2.05) is 42.5 Å². The normalized spacial score (nSPS) is 10.1. The molecule has 0 radical (unpaired) electrons. The molecule has 0 aliphatic rings. The van der Waals surface area contributed by atoms with Gasteiger partial charge in [-0.1, -0.05) is 48.5 Å². The summed E-state index contributed by atoms with van der Waals surface area (Å²) in [4.78, 5) is 27.5. The van der Waals surface area contributed by atoms with Crippen LogP contribution in [0.15, 0.2) is 79.0 Å². The van der Waals surface area contributed by atoms with Crippen molar-refractivity contribution in [1.29, 1.82) is 0 Å². The Morgan fingerprint density at radius 3 is 2.20 bits per heavy atom. The predicted octanol–water partition coefficient (Wildman–Crippen LogP) is 3.54. The minimum atomic E-state index is -0.629. The lowest BCUT2D eigenvalue weighted by atomic mass is 10.1. The Morgan fingerprint density at radius 1 is 0.840 bits per heavy atom. The minimum absolute atomic E-state index is 0.169. The monoisotopic (exact) mass is 332 g/mol. The number of nitrogens with zero attached hydrogens (tertiary/aromatic N) is 1. The molecular weight excluding hydrogens is 316 g/mol. The fourth-order valence-electron chi connectivity index (χ4n) is 2.26. The van der Waals surface area contributed by atoms with E-state index in [9.17, 15) is 9.59 Å². The van der Waals surface area contributed by atoms with Gasteiger partial charge in [0, 0.05) is 11.9 Å². The summed E-state index contributed by atoms with van der Waals surface area (Å²) in [6, 6.07) is 22.3. The zero-order valence-corrected chi connectivity index (χ0v) is 13.4. The summed E-state index contributed by atoms with van der Waals surface area (Å²) in [7, 11) is 0. The second-order valence-electron chi connectivity index (χ2n) is 5.28. The van der Waals surface area contributed by atoms with Gasteiger partial charge >= 0.3 is 5.97 Å². The van der Waals surface area contributed by atoms with Gasteiger partial charge in [0.05, 0.1) is 0 Å². The number of esters is 1. The first kappa shape index (κ1) is 16.4. The number of aromatic nitrogens is 1. The largest absolute Gasteiger partial charge is 0.451 e. The Kier molecular flexibility index (Phi) is 5.16. The average Bonchev–Trinajstić information content (AvgIpc) is 2.68. The molecule has 2 aromatic carbocycles. The molecule has 0 atom stereocenters. The second kappa shape index (κ2) is 7.88. The number of carbonyl (C=O) groups is 2. The molecule has 5 heteroatoms.